The molecule has 0 bridgehead atoms. The monoisotopic (exact) mass is 352 g/mol. The number of nitrogens with zero attached hydrogens (tertiary/aromatic N) is 5. The second-order valence-electron chi connectivity index (χ2n) is 7.07. The maximum absolute atomic E-state index is 13.8. The van der Waals surface area contributed by atoms with Crippen LogP contribution in [0.4, 0.5) is 9.18 Å². The fraction of sp³-hybridized carbons (Fsp3) is 0.750. The van der Waals surface area contributed by atoms with Crippen LogP contribution in [-0.4, -0.2) is 74.6 Å². The minimum atomic E-state index is -1.04. The van der Waals surface area contributed by atoms with E-state index < -0.39 is 6.17 Å². The van der Waals surface area contributed by atoms with E-state index in [1.54, 1.807) is 11.1 Å². The molecule has 0 aromatic carbocycles. The summed E-state index contributed by atoms with van der Waals surface area (Å²) in [7, 11) is 0. The number of nitrogens with one attached hydrogen (secondary N) is 1. The van der Waals surface area contributed by atoms with Gasteiger partial charge in [0.25, 0.3) is 5.91 Å². The van der Waals surface area contributed by atoms with E-state index in [0.717, 1.165) is 25.9 Å². The summed E-state index contributed by atoms with van der Waals surface area (Å²) >= 11 is 0. The summed E-state index contributed by atoms with van der Waals surface area (Å²) in [5.41, 5.74) is 0.301. The Morgan fingerprint density at radius 3 is 2.76 bits per heavy atom. The Morgan fingerprint density at radius 2 is 2.08 bits per heavy atom. The fourth-order valence-corrected chi connectivity index (χ4v) is 3.39. The van der Waals surface area contributed by atoms with Crippen molar-refractivity contribution in [3.05, 3.63) is 11.9 Å². The first-order chi connectivity index (χ1) is 11.9. The quantitative estimate of drug-likeness (QED) is 0.878. The lowest BCUT2D eigenvalue weighted by Crippen LogP contribution is -2.46. The van der Waals surface area contributed by atoms with E-state index in [2.05, 4.69) is 15.6 Å². The van der Waals surface area contributed by atoms with Gasteiger partial charge in [0.1, 0.15) is 6.17 Å². The zero-order chi connectivity index (χ0) is 18.0. The van der Waals surface area contributed by atoms with Gasteiger partial charge in [0, 0.05) is 25.6 Å². The molecule has 0 unspecified atom stereocenters. The van der Waals surface area contributed by atoms with E-state index >= 15 is 0 Å². The van der Waals surface area contributed by atoms with E-state index in [9.17, 15) is 14.0 Å². The van der Waals surface area contributed by atoms with Crippen LogP contribution in [0.1, 0.15) is 43.6 Å². The van der Waals surface area contributed by atoms with Crippen molar-refractivity contribution in [2.45, 2.75) is 57.9 Å². The molecule has 3 rings (SSSR count). The van der Waals surface area contributed by atoms with Crippen molar-refractivity contribution in [2.24, 2.45) is 0 Å². The second kappa shape index (κ2) is 7.37. The molecule has 0 aliphatic carbocycles. The number of likely N-dealkylation sites (tertiary alicyclic amines) is 2. The number of aromatic nitrogens is 3. The molecule has 2 atom stereocenters. The lowest BCUT2D eigenvalue weighted by atomic mass is 10.2. The molecule has 3 heterocycles. The van der Waals surface area contributed by atoms with E-state index in [1.165, 1.54) is 9.58 Å². The van der Waals surface area contributed by atoms with Gasteiger partial charge in [-0.2, -0.15) is 0 Å². The summed E-state index contributed by atoms with van der Waals surface area (Å²) in [6, 6.07) is -0.582. The molecule has 0 radical (unpaired) electrons. The summed E-state index contributed by atoms with van der Waals surface area (Å²) in [4.78, 5) is 27.8. The maximum atomic E-state index is 13.8. The van der Waals surface area contributed by atoms with Crippen LogP contribution in [0.25, 0.3) is 0 Å². The van der Waals surface area contributed by atoms with E-state index in [0.29, 0.717) is 12.2 Å². The van der Waals surface area contributed by atoms with Crippen molar-refractivity contribution in [3.63, 3.8) is 0 Å². The summed E-state index contributed by atoms with van der Waals surface area (Å²) in [6.07, 6.45) is 2.84. The number of halogens is 1. The number of amides is 3. The van der Waals surface area contributed by atoms with E-state index in [-0.39, 0.29) is 37.0 Å². The first-order valence-corrected chi connectivity index (χ1v) is 8.84. The molecule has 3 amide bonds. The van der Waals surface area contributed by atoms with Gasteiger partial charge in [0.05, 0.1) is 25.3 Å². The average molecular weight is 352 g/mol. The minimum Gasteiger partial charge on any atom is -0.337 e. The standard InChI is InChI=1S/C16H25FN6O2/c1-11(2)18-16(25)23-8-12(17)7-13(23)9-22-10-14(19-20-22)15(24)21-5-3-4-6-21/h10-13H,3-9H2,1-2H3,(H,18,25)/t12-,13-/m0/s1. The van der Waals surface area contributed by atoms with Crippen LogP contribution in [0.3, 0.4) is 0 Å². The molecule has 2 fully saturated rings. The molecule has 0 saturated carbocycles. The minimum absolute atomic E-state index is 0.0112. The van der Waals surface area contributed by atoms with Crippen molar-refractivity contribution in [3.8, 4) is 0 Å². The largest absolute Gasteiger partial charge is 0.337 e. The Hall–Kier alpha value is -2.19. The number of hydrogen-bond acceptors (Lipinski definition) is 4. The van der Waals surface area contributed by atoms with Crippen LogP contribution in [0.2, 0.25) is 0 Å². The zero-order valence-corrected chi connectivity index (χ0v) is 14.7. The van der Waals surface area contributed by atoms with Gasteiger partial charge in [0.15, 0.2) is 5.69 Å². The number of rotatable bonds is 4. The Balaban J connectivity index is 1.64. The van der Waals surface area contributed by atoms with Crippen LogP contribution >= 0.6 is 0 Å². The van der Waals surface area contributed by atoms with E-state index in [1.807, 2.05) is 13.8 Å². The summed E-state index contributed by atoms with van der Waals surface area (Å²) in [5, 5.41) is 10.7. The Morgan fingerprint density at radius 1 is 1.36 bits per heavy atom. The molecule has 25 heavy (non-hydrogen) atoms. The highest BCUT2D eigenvalue weighted by Crippen LogP contribution is 2.22. The van der Waals surface area contributed by atoms with Crippen LogP contribution < -0.4 is 5.32 Å². The Labute approximate surface area is 146 Å². The van der Waals surface area contributed by atoms with Crippen molar-refractivity contribution in [1.82, 2.24) is 30.1 Å². The van der Waals surface area contributed by atoms with Gasteiger partial charge in [0.2, 0.25) is 0 Å². The van der Waals surface area contributed by atoms with Gasteiger partial charge in [-0.05, 0) is 26.7 Å². The van der Waals surface area contributed by atoms with Gasteiger partial charge in [-0.15, -0.1) is 5.10 Å². The lowest BCUT2D eigenvalue weighted by molar-refractivity contribution is 0.0787. The summed E-state index contributed by atoms with van der Waals surface area (Å²) < 4.78 is 15.4. The number of alkyl halides is 1. The molecule has 138 valence electrons. The Kier molecular flexibility index (Phi) is 5.19. The third-order valence-corrected chi connectivity index (χ3v) is 4.59. The third kappa shape index (κ3) is 4.08. The van der Waals surface area contributed by atoms with Crippen molar-refractivity contribution >= 4 is 11.9 Å². The molecule has 2 aliphatic heterocycles. The van der Waals surface area contributed by atoms with Crippen LogP contribution in [0.15, 0.2) is 6.20 Å². The number of carbonyl (C=O) groups is 2. The van der Waals surface area contributed by atoms with E-state index in [4.69, 9.17) is 0 Å². The molecular formula is C16H25FN6O2. The third-order valence-electron chi connectivity index (χ3n) is 4.59. The van der Waals surface area contributed by atoms with Crippen molar-refractivity contribution < 1.29 is 14.0 Å². The predicted molar refractivity (Wildman–Crippen MR) is 88.8 cm³/mol. The number of urea groups is 1. The van der Waals surface area contributed by atoms with Crippen molar-refractivity contribution in [2.75, 3.05) is 19.6 Å². The molecule has 1 aromatic rings. The second-order valence-corrected chi connectivity index (χ2v) is 7.07. The number of carbonyl (C=O) groups excluding carboxylic acids is 2. The highest BCUT2D eigenvalue weighted by molar-refractivity contribution is 5.92. The molecule has 2 saturated heterocycles. The first kappa shape index (κ1) is 17.6. The summed E-state index contributed by atoms with van der Waals surface area (Å²) in [5.74, 6) is -0.118. The number of hydrogen-bond donors (Lipinski definition) is 1. The van der Waals surface area contributed by atoms with Crippen LogP contribution in [0.5, 0.6) is 0 Å². The predicted octanol–water partition coefficient (Wildman–Crippen LogP) is 1.04. The normalized spacial score (nSPS) is 23.5. The highest BCUT2D eigenvalue weighted by atomic mass is 19.1. The van der Waals surface area contributed by atoms with Crippen LogP contribution in [0, 0.1) is 0 Å². The zero-order valence-electron chi connectivity index (χ0n) is 14.7. The SMILES string of the molecule is CC(C)NC(=O)N1C[C@@H](F)C[C@H]1Cn1cc(C(=O)N2CCCC2)nn1. The molecule has 1 aromatic heterocycles. The molecule has 0 spiro atoms. The molecule has 1 N–H and O–H groups in total. The molecule has 8 nitrogen and oxygen atoms in total. The van der Waals surface area contributed by atoms with Gasteiger partial charge in [-0.25, -0.2) is 13.9 Å². The average Bonchev–Trinajstić information content (AvgIpc) is 3.27. The lowest BCUT2D eigenvalue weighted by Gasteiger charge is -2.25. The van der Waals surface area contributed by atoms with Gasteiger partial charge < -0.3 is 15.1 Å². The summed E-state index contributed by atoms with van der Waals surface area (Å²) in [6.45, 7) is 5.64. The smallest absolute Gasteiger partial charge is 0.318 e. The molecular weight excluding hydrogens is 327 g/mol. The van der Waals surface area contributed by atoms with Gasteiger partial charge >= 0.3 is 6.03 Å². The van der Waals surface area contributed by atoms with Gasteiger partial charge in [-0.3, -0.25) is 4.79 Å². The van der Waals surface area contributed by atoms with Crippen LogP contribution in [-0.2, 0) is 6.54 Å². The molecule has 2 aliphatic rings. The fourth-order valence-electron chi connectivity index (χ4n) is 3.39. The first-order valence-electron chi connectivity index (χ1n) is 8.84. The maximum Gasteiger partial charge on any atom is 0.318 e. The highest BCUT2D eigenvalue weighted by Gasteiger charge is 2.36. The topological polar surface area (TPSA) is 83.4 Å². The Bertz CT molecular complexity index is 628. The molecule has 9 heteroatoms. The van der Waals surface area contributed by atoms with Crippen molar-refractivity contribution in [1.29, 1.82) is 0 Å². The van der Waals surface area contributed by atoms with Gasteiger partial charge in [-0.1, -0.05) is 5.21 Å².